The van der Waals surface area contributed by atoms with Crippen molar-refractivity contribution in [1.29, 1.82) is 0 Å². The second-order valence-electron chi connectivity index (χ2n) is 5.58. The summed E-state index contributed by atoms with van der Waals surface area (Å²) in [5, 5.41) is 21.1. The number of fused-ring (bicyclic) bond motifs is 1. The molecule has 0 aliphatic heterocycles. The fourth-order valence-corrected chi connectivity index (χ4v) is 2.56. The number of rotatable bonds is 4. The van der Waals surface area contributed by atoms with Gasteiger partial charge in [0, 0.05) is 0 Å². The molecule has 3 aromatic carbocycles. The SMILES string of the molecule is C=Cc1ccc(Oc2ccc3ccc(O)cc3c2)cc1/C=C(\C)O. The Kier molecular flexibility index (Phi) is 4.25. The van der Waals surface area contributed by atoms with Crippen LogP contribution in [0.4, 0.5) is 0 Å². The number of aromatic hydroxyl groups is 1. The normalized spacial score (nSPS) is 11.5. The van der Waals surface area contributed by atoms with Gasteiger partial charge < -0.3 is 14.9 Å². The Hall–Kier alpha value is -3.20. The van der Waals surface area contributed by atoms with E-state index in [1.807, 2.05) is 42.5 Å². The topological polar surface area (TPSA) is 49.7 Å². The molecular formula is C21H18O3. The molecule has 0 fully saturated rings. The van der Waals surface area contributed by atoms with E-state index in [2.05, 4.69) is 6.58 Å². The van der Waals surface area contributed by atoms with Gasteiger partial charge in [0.05, 0.1) is 5.76 Å². The number of benzene rings is 3. The van der Waals surface area contributed by atoms with Crippen LogP contribution in [-0.4, -0.2) is 10.2 Å². The molecule has 0 unspecified atom stereocenters. The predicted octanol–water partition coefficient (Wildman–Crippen LogP) is 5.90. The fraction of sp³-hybridized carbons (Fsp3) is 0.0476. The van der Waals surface area contributed by atoms with Crippen LogP contribution in [0.1, 0.15) is 18.1 Å². The van der Waals surface area contributed by atoms with Crippen molar-refractivity contribution in [2.24, 2.45) is 0 Å². The molecule has 0 bridgehead atoms. The number of hydrogen-bond acceptors (Lipinski definition) is 3. The number of allylic oxidation sites excluding steroid dienone is 1. The van der Waals surface area contributed by atoms with Crippen LogP contribution in [0, 0.1) is 0 Å². The second kappa shape index (κ2) is 6.50. The Morgan fingerprint density at radius 3 is 2.38 bits per heavy atom. The molecule has 0 aromatic heterocycles. The number of phenolic OH excluding ortho intramolecular Hbond substituents is 1. The van der Waals surface area contributed by atoms with E-state index in [1.165, 1.54) is 0 Å². The lowest BCUT2D eigenvalue weighted by atomic mass is 10.1. The molecule has 0 radical (unpaired) electrons. The molecule has 0 saturated heterocycles. The summed E-state index contributed by atoms with van der Waals surface area (Å²) in [6.45, 7) is 5.40. The molecule has 3 heteroatoms. The Balaban J connectivity index is 1.96. The Bertz CT molecular complexity index is 935. The molecule has 3 rings (SSSR count). The van der Waals surface area contributed by atoms with E-state index in [0.717, 1.165) is 21.9 Å². The molecule has 0 aliphatic carbocycles. The van der Waals surface area contributed by atoms with Gasteiger partial charge in [-0.2, -0.15) is 0 Å². The summed E-state index contributed by atoms with van der Waals surface area (Å²) in [4.78, 5) is 0. The molecule has 0 amide bonds. The van der Waals surface area contributed by atoms with E-state index >= 15 is 0 Å². The van der Waals surface area contributed by atoms with Crippen molar-refractivity contribution in [3.05, 3.63) is 78.1 Å². The minimum absolute atomic E-state index is 0.219. The number of aliphatic hydroxyl groups is 1. The van der Waals surface area contributed by atoms with Gasteiger partial charge in [-0.05, 0) is 71.3 Å². The van der Waals surface area contributed by atoms with Gasteiger partial charge in [-0.15, -0.1) is 0 Å². The van der Waals surface area contributed by atoms with E-state index in [9.17, 15) is 10.2 Å². The van der Waals surface area contributed by atoms with Gasteiger partial charge in [-0.25, -0.2) is 0 Å². The van der Waals surface area contributed by atoms with Crippen LogP contribution in [0.3, 0.4) is 0 Å². The third-order valence-electron chi connectivity index (χ3n) is 3.67. The molecule has 0 aliphatic rings. The zero-order valence-electron chi connectivity index (χ0n) is 13.4. The number of ether oxygens (including phenoxy) is 1. The largest absolute Gasteiger partial charge is 0.513 e. The van der Waals surface area contributed by atoms with Gasteiger partial charge in [0.2, 0.25) is 0 Å². The highest BCUT2D eigenvalue weighted by molar-refractivity contribution is 5.85. The van der Waals surface area contributed by atoms with E-state index in [-0.39, 0.29) is 11.5 Å². The number of aliphatic hydroxyl groups excluding tert-OH is 1. The van der Waals surface area contributed by atoms with Crippen molar-refractivity contribution in [2.75, 3.05) is 0 Å². The van der Waals surface area contributed by atoms with Gasteiger partial charge in [0.1, 0.15) is 17.2 Å². The lowest BCUT2D eigenvalue weighted by Gasteiger charge is -2.10. The highest BCUT2D eigenvalue weighted by Crippen LogP contribution is 2.29. The first-order chi connectivity index (χ1) is 11.5. The second-order valence-corrected chi connectivity index (χ2v) is 5.58. The summed E-state index contributed by atoms with van der Waals surface area (Å²) in [5.41, 5.74) is 1.75. The van der Waals surface area contributed by atoms with Gasteiger partial charge in [0.15, 0.2) is 0 Å². The van der Waals surface area contributed by atoms with E-state index in [4.69, 9.17) is 4.74 Å². The summed E-state index contributed by atoms with van der Waals surface area (Å²) in [6, 6.07) is 16.5. The summed E-state index contributed by atoms with van der Waals surface area (Å²) in [7, 11) is 0. The maximum atomic E-state index is 9.61. The average Bonchev–Trinajstić information content (AvgIpc) is 2.54. The Morgan fingerprint density at radius 2 is 1.62 bits per heavy atom. The molecule has 0 saturated carbocycles. The van der Waals surface area contributed by atoms with Crippen molar-refractivity contribution in [3.63, 3.8) is 0 Å². The first-order valence-electron chi connectivity index (χ1n) is 7.59. The minimum Gasteiger partial charge on any atom is -0.513 e. The van der Waals surface area contributed by atoms with Gasteiger partial charge in [-0.1, -0.05) is 30.9 Å². The molecule has 0 atom stereocenters. The number of phenols is 1. The molecule has 0 heterocycles. The van der Waals surface area contributed by atoms with E-state index in [1.54, 1.807) is 31.2 Å². The molecule has 3 aromatic rings. The predicted molar refractivity (Wildman–Crippen MR) is 98.5 cm³/mol. The third kappa shape index (κ3) is 3.41. The van der Waals surface area contributed by atoms with E-state index in [0.29, 0.717) is 11.5 Å². The maximum absolute atomic E-state index is 9.61. The van der Waals surface area contributed by atoms with Gasteiger partial charge >= 0.3 is 0 Å². The smallest absolute Gasteiger partial charge is 0.128 e. The molecule has 24 heavy (non-hydrogen) atoms. The zero-order valence-corrected chi connectivity index (χ0v) is 13.4. The molecule has 2 N–H and O–H groups in total. The minimum atomic E-state index is 0.219. The van der Waals surface area contributed by atoms with Crippen LogP contribution in [0.5, 0.6) is 17.2 Å². The van der Waals surface area contributed by atoms with Crippen molar-refractivity contribution >= 4 is 22.9 Å². The van der Waals surface area contributed by atoms with Crippen LogP contribution in [-0.2, 0) is 0 Å². The van der Waals surface area contributed by atoms with Crippen molar-refractivity contribution < 1.29 is 14.9 Å². The molecule has 3 nitrogen and oxygen atoms in total. The average molecular weight is 318 g/mol. The van der Waals surface area contributed by atoms with Crippen molar-refractivity contribution in [2.45, 2.75) is 6.92 Å². The van der Waals surface area contributed by atoms with Crippen LogP contribution >= 0.6 is 0 Å². The maximum Gasteiger partial charge on any atom is 0.128 e. The monoisotopic (exact) mass is 318 g/mol. The van der Waals surface area contributed by atoms with Crippen LogP contribution in [0.15, 0.2) is 66.9 Å². The van der Waals surface area contributed by atoms with Gasteiger partial charge in [-0.3, -0.25) is 0 Å². The van der Waals surface area contributed by atoms with Crippen molar-refractivity contribution in [1.82, 2.24) is 0 Å². The molecule has 0 spiro atoms. The van der Waals surface area contributed by atoms with Crippen LogP contribution in [0.25, 0.3) is 22.9 Å². The summed E-state index contributed by atoms with van der Waals surface area (Å²) in [5.74, 6) is 1.78. The third-order valence-corrected chi connectivity index (χ3v) is 3.67. The Morgan fingerprint density at radius 1 is 0.917 bits per heavy atom. The lowest BCUT2D eigenvalue weighted by molar-refractivity contribution is 0.420. The summed E-state index contributed by atoms with van der Waals surface area (Å²) < 4.78 is 5.92. The summed E-state index contributed by atoms with van der Waals surface area (Å²) in [6.07, 6.45) is 3.40. The van der Waals surface area contributed by atoms with Crippen LogP contribution in [0.2, 0.25) is 0 Å². The summed E-state index contributed by atoms with van der Waals surface area (Å²) >= 11 is 0. The molecular weight excluding hydrogens is 300 g/mol. The quantitative estimate of drug-likeness (QED) is 0.589. The molecule has 120 valence electrons. The Labute approximate surface area is 140 Å². The standard InChI is InChI=1S/C21H18O3/c1-3-15-5-8-20(12-17(15)10-14(2)22)24-21-9-6-16-4-7-19(23)11-18(16)13-21/h3-13,22-23H,1H2,2H3/b14-10+. The van der Waals surface area contributed by atoms with Crippen molar-refractivity contribution in [3.8, 4) is 17.2 Å². The fourth-order valence-electron chi connectivity index (χ4n) is 2.56. The zero-order chi connectivity index (χ0) is 17.1. The highest BCUT2D eigenvalue weighted by atomic mass is 16.5. The van der Waals surface area contributed by atoms with Gasteiger partial charge in [0.25, 0.3) is 0 Å². The van der Waals surface area contributed by atoms with Crippen LogP contribution < -0.4 is 4.74 Å². The van der Waals surface area contributed by atoms with E-state index < -0.39 is 0 Å². The number of hydrogen-bond donors (Lipinski definition) is 2. The lowest BCUT2D eigenvalue weighted by Crippen LogP contribution is -1.88. The first-order valence-corrected chi connectivity index (χ1v) is 7.59. The highest BCUT2D eigenvalue weighted by Gasteiger charge is 2.04. The first kappa shape index (κ1) is 15.7.